The molecular formula is C19H23N5O2. The molecule has 7 nitrogen and oxygen atoms in total. The Balaban J connectivity index is 1.33. The van der Waals surface area contributed by atoms with Gasteiger partial charge in [0.05, 0.1) is 11.4 Å². The molecule has 0 bridgehead atoms. The molecule has 1 atom stereocenters. The topological polar surface area (TPSA) is 96.7 Å². The number of aryl methyl sites for hydroxylation is 1. The highest BCUT2D eigenvalue weighted by Gasteiger charge is 2.26. The lowest BCUT2D eigenvalue weighted by Crippen LogP contribution is -2.35. The average molecular weight is 353 g/mol. The van der Waals surface area contributed by atoms with Gasteiger partial charge in [-0.3, -0.25) is 4.79 Å². The fraction of sp³-hybridized carbons (Fsp3) is 0.474. The Morgan fingerprint density at radius 1 is 1.35 bits per heavy atom. The van der Waals surface area contributed by atoms with E-state index in [0.29, 0.717) is 13.0 Å². The van der Waals surface area contributed by atoms with Gasteiger partial charge in [-0.15, -0.1) is 0 Å². The monoisotopic (exact) mass is 353 g/mol. The van der Waals surface area contributed by atoms with E-state index in [9.17, 15) is 4.79 Å². The van der Waals surface area contributed by atoms with Crippen molar-refractivity contribution in [2.24, 2.45) is 5.92 Å². The number of aromatic nitrogens is 4. The first-order valence-electron chi connectivity index (χ1n) is 9.15. The summed E-state index contributed by atoms with van der Waals surface area (Å²) in [7, 11) is 0. The molecule has 3 aromatic rings. The molecule has 7 heteroatoms. The van der Waals surface area contributed by atoms with Gasteiger partial charge in [0, 0.05) is 24.8 Å². The Hall–Kier alpha value is -2.70. The molecule has 0 fully saturated rings. The van der Waals surface area contributed by atoms with E-state index < -0.39 is 0 Å². The van der Waals surface area contributed by atoms with Gasteiger partial charge < -0.3 is 9.73 Å². The van der Waals surface area contributed by atoms with Crippen molar-refractivity contribution in [2.45, 2.75) is 45.4 Å². The van der Waals surface area contributed by atoms with Gasteiger partial charge in [0.15, 0.2) is 11.5 Å². The third-order valence-electron chi connectivity index (χ3n) is 4.92. The molecular weight excluding hydrogens is 330 g/mol. The van der Waals surface area contributed by atoms with Gasteiger partial charge >= 0.3 is 0 Å². The van der Waals surface area contributed by atoms with Gasteiger partial charge in [-0.1, -0.05) is 19.9 Å². The van der Waals surface area contributed by atoms with Gasteiger partial charge in [0.1, 0.15) is 5.52 Å². The van der Waals surface area contributed by atoms with E-state index in [0.717, 1.165) is 53.2 Å². The zero-order valence-electron chi connectivity index (χ0n) is 15.1. The lowest BCUT2D eigenvalue weighted by molar-refractivity contribution is -0.125. The summed E-state index contributed by atoms with van der Waals surface area (Å²) in [6, 6.07) is 6.03. The van der Waals surface area contributed by atoms with Crippen LogP contribution in [-0.2, 0) is 24.1 Å². The molecule has 0 aliphatic heterocycles. The largest absolute Gasteiger partial charge is 0.440 e. The lowest BCUT2D eigenvalue weighted by atomic mass is 9.89. The molecule has 1 aliphatic carbocycles. The highest BCUT2D eigenvalue weighted by molar-refractivity contribution is 5.79. The van der Waals surface area contributed by atoms with Crippen LogP contribution in [0.1, 0.15) is 49.0 Å². The number of carbonyl (C=O) groups is 1. The van der Waals surface area contributed by atoms with Gasteiger partial charge in [-0.25, -0.2) is 4.98 Å². The maximum Gasteiger partial charge on any atom is 0.223 e. The molecule has 1 aromatic carbocycles. The molecule has 2 heterocycles. The predicted molar refractivity (Wildman–Crippen MR) is 96.7 cm³/mol. The maximum atomic E-state index is 12.4. The van der Waals surface area contributed by atoms with E-state index in [-0.39, 0.29) is 17.7 Å². The van der Waals surface area contributed by atoms with Crippen molar-refractivity contribution in [1.29, 1.82) is 0 Å². The van der Waals surface area contributed by atoms with Gasteiger partial charge in [0.25, 0.3) is 0 Å². The van der Waals surface area contributed by atoms with Crippen molar-refractivity contribution in [3.05, 3.63) is 41.0 Å². The van der Waals surface area contributed by atoms with Gasteiger partial charge in [0.2, 0.25) is 5.91 Å². The second kappa shape index (κ2) is 6.90. The lowest BCUT2D eigenvalue weighted by Gasteiger charge is -2.19. The molecule has 2 aromatic heterocycles. The first-order valence-corrected chi connectivity index (χ1v) is 9.15. The maximum absolute atomic E-state index is 12.4. The summed E-state index contributed by atoms with van der Waals surface area (Å²) in [5.74, 6) is 1.11. The summed E-state index contributed by atoms with van der Waals surface area (Å²) in [5.41, 5.74) is 4.75. The van der Waals surface area contributed by atoms with Crippen LogP contribution in [0.5, 0.6) is 0 Å². The smallest absolute Gasteiger partial charge is 0.223 e. The molecule has 0 saturated carbocycles. The van der Waals surface area contributed by atoms with Crippen LogP contribution in [0.2, 0.25) is 0 Å². The molecule has 0 radical (unpaired) electrons. The van der Waals surface area contributed by atoms with Crippen molar-refractivity contribution in [3.8, 4) is 0 Å². The summed E-state index contributed by atoms with van der Waals surface area (Å²) in [6.45, 7) is 4.74. The highest BCUT2D eigenvalue weighted by Crippen LogP contribution is 2.23. The number of aromatic amines is 1. The van der Waals surface area contributed by atoms with Crippen molar-refractivity contribution in [2.75, 3.05) is 6.54 Å². The van der Waals surface area contributed by atoms with E-state index in [1.807, 2.05) is 18.2 Å². The number of amides is 1. The van der Waals surface area contributed by atoms with Gasteiger partial charge in [-0.05, 0) is 37.0 Å². The number of benzene rings is 1. The molecule has 0 saturated heterocycles. The summed E-state index contributed by atoms with van der Waals surface area (Å²) in [5, 5.41) is 13.9. The molecule has 2 N–H and O–H groups in total. The fourth-order valence-electron chi connectivity index (χ4n) is 3.38. The number of hydrogen-bond donors (Lipinski definition) is 2. The Labute approximate surface area is 151 Å². The van der Waals surface area contributed by atoms with Crippen molar-refractivity contribution in [3.63, 3.8) is 0 Å². The third-order valence-corrected chi connectivity index (χ3v) is 4.92. The van der Waals surface area contributed by atoms with Crippen LogP contribution >= 0.6 is 0 Å². The number of fused-ring (bicyclic) bond motifs is 2. The summed E-state index contributed by atoms with van der Waals surface area (Å²) in [6.07, 6.45) is 3.08. The zero-order valence-corrected chi connectivity index (χ0v) is 15.1. The normalized spacial score (nSPS) is 16.8. The van der Waals surface area contributed by atoms with Crippen molar-refractivity contribution in [1.82, 2.24) is 25.7 Å². The minimum atomic E-state index is -0.0146. The number of oxazole rings is 1. The first-order chi connectivity index (χ1) is 12.6. The molecule has 26 heavy (non-hydrogen) atoms. The van der Waals surface area contributed by atoms with E-state index in [1.54, 1.807) is 0 Å². The van der Waals surface area contributed by atoms with E-state index in [4.69, 9.17) is 4.42 Å². The van der Waals surface area contributed by atoms with Crippen LogP contribution in [0, 0.1) is 5.92 Å². The van der Waals surface area contributed by atoms with E-state index in [2.05, 4.69) is 39.6 Å². The van der Waals surface area contributed by atoms with E-state index in [1.165, 1.54) is 0 Å². The molecule has 1 amide bonds. The Kier molecular flexibility index (Phi) is 4.44. The van der Waals surface area contributed by atoms with Crippen LogP contribution in [0.15, 0.2) is 22.6 Å². The standard InChI is InChI=1S/C19H23N5O2/c1-11(2)19-21-16-9-12(3-6-17(16)26-19)7-8-20-18(25)13-4-5-14-15(10-13)23-24-22-14/h3,6,9,11,13H,4-5,7-8,10H2,1-2H3,(H,20,25)(H,22,23,24). The minimum Gasteiger partial charge on any atom is -0.440 e. The van der Waals surface area contributed by atoms with Crippen LogP contribution in [0.25, 0.3) is 11.1 Å². The molecule has 4 rings (SSSR count). The van der Waals surface area contributed by atoms with Crippen molar-refractivity contribution >= 4 is 17.0 Å². The fourth-order valence-corrected chi connectivity index (χ4v) is 3.38. The first kappa shape index (κ1) is 16.8. The second-order valence-electron chi connectivity index (χ2n) is 7.21. The number of nitrogens with one attached hydrogen (secondary N) is 2. The summed E-state index contributed by atoms with van der Waals surface area (Å²) >= 11 is 0. The molecule has 136 valence electrons. The zero-order chi connectivity index (χ0) is 18.1. The molecule has 1 unspecified atom stereocenters. The number of hydrogen-bond acceptors (Lipinski definition) is 5. The second-order valence-corrected chi connectivity index (χ2v) is 7.21. The predicted octanol–water partition coefficient (Wildman–Crippen LogP) is 2.53. The Morgan fingerprint density at radius 2 is 2.19 bits per heavy atom. The summed E-state index contributed by atoms with van der Waals surface area (Å²) in [4.78, 5) is 16.9. The SMILES string of the molecule is CC(C)c1nc2cc(CCNC(=O)C3CCc4n[nH]nc4C3)ccc2o1. The minimum absolute atomic E-state index is 0.0146. The number of carbonyl (C=O) groups excluding carboxylic acids is 1. The number of nitrogens with zero attached hydrogens (tertiary/aromatic N) is 3. The average Bonchev–Trinajstić information content (AvgIpc) is 3.27. The van der Waals surface area contributed by atoms with Gasteiger partial charge in [-0.2, -0.15) is 15.4 Å². The number of rotatable bonds is 5. The van der Waals surface area contributed by atoms with Crippen LogP contribution in [0.3, 0.4) is 0 Å². The third kappa shape index (κ3) is 3.34. The van der Waals surface area contributed by atoms with E-state index >= 15 is 0 Å². The molecule has 1 aliphatic rings. The quantitative estimate of drug-likeness (QED) is 0.735. The van der Waals surface area contributed by atoms with Crippen LogP contribution in [-0.4, -0.2) is 32.8 Å². The van der Waals surface area contributed by atoms with Crippen LogP contribution < -0.4 is 5.32 Å². The summed E-state index contributed by atoms with van der Waals surface area (Å²) < 4.78 is 5.73. The highest BCUT2D eigenvalue weighted by atomic mass is 16.3. The van der Waals surface area contributed by atoms with Crippen molar-refractivity contribution < 1.29 is 9.21 Å². The molecule has 0 spiro atoms. The Bertz CT molecular complexity index is 927. The number of H-pyrrole nitrogens is 1. The Morgan fingerprint density at radius 3 is 3.04 bits per heavy atom. The van der Waals surface area contributed by atoms with Crippen LogP contribution in [0.4, 0.5) is 0 Å².